The van der Waals surface area contributed by atoms with Crippen molar-refractivity contribution < 1.29 is 18.9 Å². The van der Waals surface area contributed by atoms with Crippen molar-refractivity contribution in [2.75, 3.05) is 0 Å². The van der Waals surface area contributed by atoms with Crippen LogP contribution in [0.25, 0.3) is 10.8 Å². The van der Waals surface area contributed by atoms with E-state index in [1.54, 1.807) is 36.4 Å². The molecule has 1 unspecified atom stereocenters. The molecule has 6 heteroatoms. The van der Waals surface area contributed by atoms with Gasteiger partial charge in [-0.15, -0.1) is 0 Å². The first-order valence-corrected chi connectivity index (χ1v) is 9.14. The average molecular weight is 341 g/mol. The molecular weight excluding hydrogens is 325 g/mol. The third-order valence-corrected chi connectivity index (χ3v) is 4.68. The van der Waals surface area contributed by atoms with Gasteiger partial charge in [0.1, 0.15) is 0 Å². The Labute approximate surface area is 139 Å². The lowest BCUT2D eigenvalue weighted by molar-refractivity contribution is 0.0731. The van der Waals surface area contributed by atoms with Gasteiger partial charge < -0.3 is 4.89 Å². The number of amides is 1. The van der Waals surface area contributed by atoms with E-state index in [-0.39, 0.29) is 6.16 Å². The van der Waals surface area contributed by atoms with Gasteiger partial charge in [0.15, 0.2) is 0 Å². The minimum atomic E-state index is -3.98. The lowest BCUT2D eigenvalue weighted by Crippen LogP contribution is -2.23. The van der Waals surface area contributed by atoms with Gasteiger partial charge >= 0.3 is 7.60 Å². The molecule has 5 nitrogen and oxygen atoms in total. The number of hydrogen-bond acceptors (Lipinski definition) is 3. The van der Waals surface area contributed by atoms with Crippen molar-refractivity contribution in [3.8, 4) is 0 Å². The van der Waals surface area contributed by atoms with Gasteiger partial charge in [-0.3, -0.25) is 9.36 Å². The molecule has 0 saturated carbocycles. The number of nitrogens with one attached hydrogen (secondary N) is 1. The molecule has 0 bridgehead atoms. The molecule has 122 valence electrons. The van der Waals surface area contributed by atoms with Crippen LogP contribution in [0.2, 0.25) is 0 Å². The Morgan fingerprint density at radius 2 is 1.62 bits per heavy atom. The standard InChI is InChI=1S/C18H16NO4P/c20-18(17-12-6-10-15-9-4-5-11-16(15)17)19-23-24(21,22)13-14-7-2-1-3-8-14/h1-12H,13H2,(H,19,20)(H,21,22). The molecule has 0 fully saturated rings. The van der Waals surface area contributed by atoms with E-state index < -0.39 is 13.5 Å². The van der Waals surface area contributed by atoms with Gasteiger partial charge in [0, 0.05) is 5.56 Å². The largest absolute Gasteiger partial charge is 0.353 e. The summed E-state index contributed by atoms with van der Waals surface area (Å²) in [6.45, 7) is 0. The Balaban J connectivity index is 1.71. The van der Waals surface area contributed by atoms with Crippen LogP contribution < -0.4 is 5.48 Å². The Hall–Kier alpha value is -2.46. The number of carbonyl (C=O) groups is 1. The van der Waals surface area contributed by atoms with Crippen LogP contribution in [0, 0.1) is 0 Å². The summed E-state index contributed by atoms with van der Waals surface area (Å²) < 4.78 is 16.9. The quantitative estimate of drug-likeness (QED) is 0.545. The van der Waals surface area contributed by atoms with Gasteiger partial charge in [-0.25, -0.2) is 5.48 Å². The minimum absolute atomic E-state index is 0.177. The number of hydrogen-bond donors (Lipinski definition) is 2. The summed E-state index contributed by atoms with van der Waals surface area (Å²) in [6.07, 6.45) is -0.177. The zero-order valence-electron chi connectivity index (χ0n) is 12.8. The summed E-state index contributed by atoms with van der Waals surface area (Å²) in [6, 6.07) is 21.5. The molecule has 1 amide bonds. The first-order chi connectivity index (χ1) is 11.6. The van der Waals surface area contributed by atoms with Crippen LogP contribution in [-0.4, -0.2) is 10.8 Å². The van der Waals surface area contributed by atoms with Crippen molar-refractivity contribution in [1.29, 1.82) is 0 Å². The smallest absolute Gasteiger partial charge is 0.323 e. The van der Waals surface area contributed by atoms with Crippen molar-refractivity contribution in [2.45, 2.75) is 6.16 Å². The fourth-order valence-corrected chi connectivity index (χ4v) is 3.40. The van der Waals surface area contributed by atoms with Crippen molar-refractivity contribution in [1.82, 2.24) is 5.48 Å². The van der Waals surface area contributed by atoms with Crippen LogP contribution in [0.15, 0.2) is 72.8 Å². The summed E-state index contributed by atoms with van der Waals surface area (Å²) in [4.78, 5) is 22.2. The molecule has 2 N–H and O–H groups in total. The highest BCUT2D eigenvalue weighted by atomic mass is 31.2. The molecule has 0 spiro atoms. The maximum atomic E-state index is 12.3. The molecule has 24 heavy (non-hydrogen) atoms. The number of rotatable bonds is 5. The second-order valence-electron chi connectivity index (χ2n) is 5.33. The van der Waals surface area contributed by atoms with Gasteiger partial charge in [0.05, 0.1) is 6.16 Å². The second kappa shape index (κ2) is 6.97. The van der Waals surface area contributed by atoms with Gasteiger partial charge in [0.2, 0.25) is 0 Å². The molecule has 0 aliphatic carbocycles. The molecule has 0 heterocycles. The third-order valence-electron chi connectivity index (χ3n) is 3.54. The van der Waals surface area contributed by atoms with Crippen LogP contribution in [0.5, 0.6) is 0 Å². The molecular formula is C18H16NO4P. The molecule has 1 atom stereocenters. The molecule has 0 aromatic heterocycles. The van der Waals surface area contributed by atoms with Crippen molar-refractivity contribution in [2.24, 2.45) is 0 Å². The lowest BCUT2D eigenvalue weighted by Gasteiger charge is -2.13. The average Bonchev–Trinajstić information content (AvgIpc) is 2.60. The zero-order chi connectivity index (χ0) is 17.0. The van der Waals surface area contributed by atoms with E-state index in [1.165, 1.54) is 0 Å². The van der Waals surface area contributed by atoms with Crippen LogP contribution in [0.4, 0.5) is 0 Å². The second-order valence-corrected chi connectivity index (χ2v) is 7.10. The molecule has 3 rings (SSSR count). The van der Waals surface area contributed by atoms with Gasteiger partial charge in [-0.1, -0.05) is 66.7 Å². The normalized spacial score (nSPS) is 13.4. The van der Waals surface area contributed by atoms with Crippen LogP contribution in [-0.2, 0) is 15.4 Å². The van der Waals surface area contributed by atoms with Crippen LogP contribution >= 0.6 is 7.60 Å². The van der Waals surface area contributed by atoms with Crippen molar-refractivity contribution in [3.05, 3.63) is 83.9 Å². The summed E-state index contributed by atoms with van der Waals surface area (Å²) in [5, 5.41) is 1.65. The molecule has 3 aromatic carbocycles. The molecule has 0 saturated heterocycles. The monoisotopic (exact) mass is 341 g/mol. The zero-order valence-corrected chi connectivity index (χ0v) is 13.6. The highest BCUT2D eigenvalue weighted by Crippen LogP contribution is 2.44. The Kier molecular flexibility index (Phi) is 4.76. The van der Waals surface area contributed by atoms with Crippen molar-refractivity contribution >= 4 is 24.3 Å². The number of benzene rings is 3. The first kappa shape index (κ1) is 16.4. The highest BCUT2D eigenvalue weighted by molar-refractivity contribution is 7.51. The van der Waals surface area contributed by atoms with E-state index in [4.69, 9.17) is 4.62 Å². The maximum absolute atomic E-state index is 12.3. The molecule has 0 aliphatic heterocycles. The molecule has 3 aromatic rings. The molecule has 0 aliphatic rings. The SMILES string of the molecule is O=C(NOP(=O)(O)Cc1ccccc1)c1cccc2ccccc12. The number of hydroxylamine groups is 1. The Morgan fingerprint density at radius 1 is 0.958 bits per heavy atom. The van der Waals surface area contributed by atoms with Gasteiger partial charge in [-0.05, 0) is 22.4 Å². The number of fused-ring (bicyclic) bond motifs is 1. The Morgan fingerprint density at radius 3 is 2.42 bits per heavy atom. The summed E-state index contributed by atoms with van der Waals surface area (Å²) in [5.74, 6) is -0.561. The van der Waals surface area contributed by atoms with E-state index in [0.29, 0.717) is 11.1 Å². The van der Waals surface area contributed by atoms with Crippen LogP contribution in [0.3, 0.4) is 0 Å². The lowest BCUT2D eigenvalue weighted by atomic mass is 10.0. The maximum Gasteiger partial charge on any atom is 0.353 e. The van der Waals surface area contributed by atoms with E-state index in [1.807, 2.05) is 36.4 Å². The predicted octanol–water partition coefficient (Wildman–Crippen LogP) is 3.89. The first-order valence-electron chi connectivity index (χ1n) is 7.38. The van der Waals surface area contributed by atoms with E-state index >= 15 is 0 Å². The fraction of sp³-hybridized carbons (Fsp3) is 0.0556. The predicted molar refractivity (Wildman–Crippen MR) is 92.5 cm³/mol. The topological polar surface area (TPSA) is 75.6 Å². The Bertz CT molecular complexity index is 906. The van der Waals surface area contributed by atoms with Crippen molar-refractivity contribution in [3.63, 3.8) is 0 Å². The highest BCUT2D eigenvalue weighted by Gasteiger charge is 2.22. The summed E-state index contributed by atoms with van der Waals surface area (Å²) in [7, 11) is -3.98. The van der Waals surface area contributed by atoms with Gasteiger partial charge in [-0.2, -0.15) is 4.62 Å². The van der Waals surface area contributed by atoms with Gasteiger partial charge in [0.25, 0.3) is 5.91 Å². The van der Waals surface area contributed by atoms with E-state index in [2.05, 4.69) is 5.48 Å². The van der Waals surface area contributed by atoms with E-state index in [9.17, 15) is 14.3 Å². The van der Waals surface area contributed by atoms with Crippen LogP contribution in [0.1, 0.15) is 15.9 Å². The third kappa shape index (κ3) is 3.89. The minimum Gasteiger partial charge on any atom is -0.323 e. The summed E-state index contributed by atoms with van der Waals surface area (Å²) in [5.41, 5.74) is 3.14. The summed E-state index contributed by atoms with van der Waals surface area (Å²) >= 11 is 0. The molecule has 0 radical (unpaired) electrons. The van der Waals surface area contributed by atoms with E-state index in [0.717, 1.165) is 10.8 Å². The number of carbonyl (C=O) groups excluding carboxylic acids is 1. The fourth-order valence-electron chi connectivity index (χ4n) is 2.44.